The first-order chi connectivity index (χ1) is 7.11. The predicted octanol–water partition coefficient (Wildman–Crippen LogP) is 0.184. The maximum absolute atomic E-state index is 11.8. The van der Waals surface area contributed by atoms with Gasteiger partial charge in [-0.15, -0.1) is 0 Å². The molecule has 0 fully saturated rings. The lowest BCUT2D eigenvalue weighted by Gasteiger charge is -2.20. The lowest BCUT2D eigenvalue weighted by molar-refractivity contribution is 0.0990. The van der Waals surface area contributed by atoms with Crippen LogP contribution < -0.4 is 11.7 Å². The molecular weight excluding hydrogens is 192 g/mol. The van der Waals surface area contributed by atoms with Crippen LogP contribution in [0.4, 0.5) is 0 Å². The molecule has 0 heterocycles. The minimum absolute atomic E-state index is 0.124. The minimum Gasteiger partial charge on any atom is -0.300 e. The molecule has 2 rings (SSSR count). The normalized spacial score (nSPS) is 14.7. The number of hydrogen-bond donors (Lipinski definition) is 3. The van der Waals surface area contributed by atoms with Gasteiger partial charge < -0.3 is 5.41 Å². The predicted molar refractivity (Wildman–Crippen MR) is 55.9 cm³/mol. The van der Waals surface area contributed by atoms with Crippen LogP contribution >= 0.6 is 0 Å². The number of allylic oxidation sites excluding steroid dienone is 2. The lowest BCUT2D eigenvalue weighted by atomic mass is 9.92. The molecule has 0 unspecified atom stereocenters. The van der Waals surface area contributed by atoms with Gasteiger partial charge in [-0.25, -0.2) is 16.8 Å². The number of benzene rings is 1. The number of carbonyl (C=O) groups excluding carboxylic acids is 1. The molecule has 5 N–H and O–H groups in total. The Bertz CT molecular complexity index is 476. The van der Waals surface area contributed by atoms with Crippen LogP contribution in [-0.2, 0) is 0 Å². The molecule has 1 aromatic rings. The molecule has 0 bridgehead atoms. The standard InChI is InChI=1S/C10H10N4O/c11-8-5-9(14(12)13)10(15)7-4-2-1-3-6(7)8/h1-5,11H,12-13H2. The average molecular weight is 202 g/mol. The van der Waals surface area contributed by atoms with E-state index < -0.39 is 0 Å². The second kappa shape index (κ2) is 3.30. The van der Waals surface area contributed by atoms with Crippen molar-refractivity contribution in [1.82, 2.24) is 5.12 Å². The highest BCUT2D eigenvalue weighted by Gasteiger charge is 2.24. The Kier molecular flexibility index (Phi) is 2.11. The van der Waals surface area contributed by atoms with Gasteiger partial charge in [0, 0.05) is 11.1 Å². The highest BCUT2D eigenvalue weighted by atomic mass is 16.1. The summed E-state index contributed by atoms with van der Waals surface area (Å²) >= 11 is 0. The van der Waals surface area contributed by atoms with Crippen LogP contribution in [0, 0.1) is 5.41 Å². The fourth-order valence-corrected chi connectivity index (χ4v) is 1.53. The fraction of sp³-hybridized carbons (Fsp3) is 0. The zero-order valence-electron chi connectivity index (χ0n) is 7.90. The molecule has 1 aromatic carbocycles. The van der Waals surface area contributed by atoms with E-state index in [1.54, 1.807) is 24.3 Å². The van der Waals surface area contributed by atoms with Crippen molar-refractivity contribution in [3.05, 3.63) is 47.2 Å². The van der Waals surface area contributed by atoms with Crippen LogP contribution in [0.5, 0.6) is 0 Å². The molecule has 0 saturated carbocycles. The summed E-state index contributed by atoms with van der Waals surface area (Å²) in [7, 11) is 0. The van der Waals surface area contributed by atoms with Gasteiger partial charge in [-0.1, -0.05) is 24.3 Å². The van der Waals surface area contributed by atoms with Crippen LogP contribution in [0.25, 0.3) is 0 Å². The van der Waals surface area contributed by atoms with Gasteiger partial charge in [0.25, 0.3) is 0 Å². The number of nitrogens with one attached hydrogen (secondary N) is 1. The third-order valence-electron chi connectivity index (χ3n) is 2.25. The van der Waals surface area contributed by atoms with Crippen molar-refractivity contribution >= 4 is 11.5 Å². The Morgan fingerprint density at radius 2 is 1.73 bits per heavy atom. The molecule has 0 aliphatic heterocycles. The number of hydrazine groups is 2. The van der Waals surface area contributed by atoms with E-state index >= 15 is 0 Å². The molecule has 0 saturated heterocycles. The second-order valence-electron chi connectivity index (χ2n) is 3.23. The van der Waals surface area contributed by atoms with Crippen molar-refractivity contribution in [2.24, 2.45) is 11.7 Å². The quantitative estimate of drug-likeness (QED) is 0.447. The lowest BCUT2D eigenvalue weighted by Crippen LogP contribution is -2.41. The zero-order valence-corrected chi connectivity index (χ0v) is 7.90. The first kappa shape index (κ1) is 9.57. The Morgan fingerprint density at radius 3 is 2.33 bits per heavy atom. The molecule has 5 nitrogen and oxygen atoms in total. The van der Waals surface area contributed by atoms with E-state index in [1.165, 1.54) is 6.08 Å². The number of carbonyl (C=O) groups is 1. The van der Waals surface area contributed by atoms with E-state index in [4.69, 9.17) is 17.1 Å². The summed E-state index contributed by atoms with van der Waals surface area (Å²) in [6, 6.07) is 6.90. The Hall–Kier alpha value is -1.98. The van der Waals surface area contributed by atoms with Gasteiger partial charge >= 0.3 is 0 Å². The monoisotopic (exact) mass is 202 g/mol. The van der Waals surface area contributed by atoms with Crippen molar-refractivity contribution in [2.45, 2.75) is 0 Å². The molecular formula is C10H10N4O. The van der Waals surface area contributed by atoms with Crippen molar-refractivity contribution in [3.63, 3.8) is 0 Å². The maximum Gasteiger partial charge on any atom is 0.212 e. The third kappa shape index (κ3) is 1.43. The van der Waals surface area contributed by atoms with Gasteiger partial charge in [-0.2, -0.15) is 0 Å². The maximum atomic E-state index is 11.8. The smallest absolute Gasteiger partial charge is 0.212 e. The molecule has 76 valence electrons. The largest absolute Gasteiger partial charge is 0.300 e. The molecule has 1 aliphatic rings. The van der Waals surface area contributed by atoms with Gasteiger partial charge in [-0.3, -0.25) is 4.79 Å². The van der Waals surface area contributed by atoms with E-state index in [9.17, 15) is 4.79 Å². The van der Waals surface area contributed by atoms with Gasteiger partial charge in [0.2, 0.25) is 5.78 Å². The molecule has 1 aliphatic carbocycles. The van der Waals surface area contributed by atoms with Crippen LogP contribution in [0.1, 0.15) is 15.9 Å². The summed E-state index contributed by atoms with van der Waals surface area (Å²) in [5.74, 6) is 10.3. The number of hydrogen-bond acceptors (Lipinski definition) is 5. The van der Waals surface area contributed by atoms with Gasteiger partial charge in [0.15, 0.2) is 0 Å². The van der Waals surface area contributed by atoms with Crippen LogP contribution in [0.15, 0.2) is 36.0 Å². The van der Waals surface area contributed by atoms with Crippen molar-refractivity contribution < 1.29 is 4.79 Å². The van der Waals surface area contributed by atoms with Crippen molar-refractivity contribution in [1.29, 1.82) is 5.41 Å². The Labute approximate surface area is 86.4 Å². The first-order valence-corrected chi connectivity index (χ1v) is 4.35. The Morgan fingerprint density at radius 1 is 1.13 bits per heavy atom. The number of fused-ring (bicyclic) bond motifs is 1. The number of Topliss-reactive ketones (excluding diaryl/α,β-unsaturated/α-hetero) is 1. The summed E-state index contributed by atoms with van der Waals surface area (Å²) in [5.41, 5.74) is 1.42. The van der Waals surface area contributed by atoms with Crippen LogP contribution in [0.2, 0.25) is 0 Å². The van der Waals surface area contributed by atoms with Gasteiger partial charge in [0.05, 0.1) is 5.71 Å². The van der Waals surface area contributed by atoms with E-state index in [-0.39, 0.29) is 17.2 Å². The molecule has 0 aromatic heterocycles. The topological polar surface area (TPSA) is 96.2 Å². The van der Waals surface area contributed by atoms with Crippen molar-refractivity contribution in [2.75, 3.05) is 0 Å². The highest BCUT2D eigenvalue weighted by molar-refractivity contribution is 6.24. The molecule has 0 spiro atoms. The van der Waals surface area contributed by atoms with Crippen LogP contribution in [-0.4, -0.2) is 16.6 Å². The van der Waals surface area contributed by atoms with Gasteiger partial charge in [0.1, 0.15) is 5.70 Å². The highest BCUT2D eigenvalue weighted by Crippen LogP contribution is 2.20. The first-order valence-electron chi connectivity index (χ1n) is 4.35. The van der Waals surface area contributed by atoms with Crippen LogP contribution in [0.3, 0.4) is 0 Å². The SMILES string of the molecule is N=C1C=C(N(N)N)C(=O)c2ccccc21. The summed E-state index contributed by atoms with van der Waals surface area (Å²) in [4.78, 5) is 11.8. The second-order valence-corrected chi connectivity index (χ2v) is 3.23. The Balaban J connectivity index is 2.59. The van der Waals surface area contributed by atoms with E-state index in [0.717, 1.165) is 5.12 Å². The summed E-state index contributed by atoms with van der Waals surface area (Å²) in [5, 5.41) is 8.46. The number of nitrogens with zero attached hydrogens (tertiary/aromatic N) is 1. The fourth-order valence-electron chi connectivity index (χ4n) is 1.53. The van der Waals surface area contributed by atoms with Crippen molar-refractivity contribution in [3.8, 4) is 0 Å². The third-order valence-corrected chi connectivity index (χ3v) is 2.25. The molecule has 15 heavy (non-hydrogen) atoms. The summed E-state index contributed by atoms with van der Waals surface area (Å²) in [6.07, 6.45) is 1.37. The summed E-state index contributed by atoms with van der Waals surface area (Å²) in [6.45, 7) is 0. The van der Waals surface area contributed by atoms with E-state index in [2.05, 4.69) is 0 Å². The van der Waals surface area contributed by atoms with E-state index in [1.807, 2.05) is 0 Å². The zero-order chi connectivity index (χ0) is 11.0. The summed E-state index contributed by atoms with van der Waals surface area (Å²) < 4.78 is 0. The molecule has 0 atom stereocenters. The number of ketones is 1. The van der Waals surface area contributed by atoms with Gasteiger partial charge in [-0.05, 0) is 6.08 Å². The molecule has 5 heteroatoms. The number of nitrogens with two attached hydrogens (primary N) is 2. The molecule has 0 radical (unpaired) electrons. The van der Waals surface area contributed by atoms with E-state index in [0.29, 0.717) is 11.1 Å². The molecule has 0 amide bonds. The minimum atomic E-state index is -0.258. The average Bonchev–Trinajstić information content (AvgIpc) is 2.23. The number of rotatable bonds is 1.